The van der Waals surface area contributed by atoms with Crippen molar-refractivity contribution in [1.29, 1.82) is 0 Å². The van der Waals surface area contributed by atoms with Gasteiger partial charge in [-0.05, 0) is 24.6 Å². The molecule has 0 aromatic heterocycles. The zero-order valence-electron chi connectivity index (χ0n) is 10.1. The summed E-state index contributed by atoms with van der Waals surface area (Å²) in [6, 6.07) is 3.61. The monoisotopic (exact) mass is 254 g/mol. The highest BCUT2D eigenvalue weighted by molar-refractivity contribution is 6.31. The number of nitrogens with one attached hydrogen (secondary N) is 1. The summed E-state index contributed by atoms with van der Waals surface area (Å²) in [6.07, 6.45) is 0. The highest BCUT2D eigenvalue weighted by Gasteiger charge is 2.29. The molecule has 1 aliphatic rings. The van der Waals surface area contributed by atoms with Crippen LogP contribution in [0.15, 0.2) is 12.1 Å². The van der Waals surface area contributed by atoms with Crippen molar-refractivity contribution >= 4 is 17.6 Å². The first-order chi connectivity index (χ1) is 8.02. The van der Waals surface area contributed by atoms with Crippen molar-refractivity contribution in [3.63, 3.8) is 0 Å². The SMILES string of the molecule is COc1cc(C)c(Cl)cc1C1CN(C)C(=O)N1. The van der Waals surface area contributed by atoms with Crippen molar-refractivity contribution in [3.05, 3.63) is 28.3 Å². The molecular formula is C12H15ClN2O2. The molecule has 92 valence electrons. The van der Waals surface area contributed by atoms with Crippen LogP contribution in [0.3, 0.4) is 0 Å². The molecule has 1 N–H and O–H groups in total. The number of rotatable bonds is 2. The van der Waals surface area contributed by atoms with Gasteiger partial charge in [0.15, 0.2) is 0 Å². The predicted octanol–water partition coefficient (Wildman–Crippen LogP) is 2.35. The van der Waals surface area contributed by atoms with Gasteiger partial charge >= 0.3 is 6.03 Å². The third kappa shape index (κ3) is 2.17. The summed E-state index contributed by atoms with van der Waals surface area (Å²) in [5.41, 5.74) is 1.88. The Morgan fingerprint density at radius 2 is 2.24 bits per heavy atom. The molecule has 1 fully saturated rings. The molecule has 0 bridgehead atoms. The van der Waals surface area contributed by atoms with Crippen molar-refractivity contribution < 1.29 is 9.53 Å². The van der Waals surface area contributed by atoms with E-state index in [4.69, 9.17) is 16.3 Å². The summed E-state index contributed by atoms with van der Waals surface area (Å²) in [4.78, 5) is 13.1. The fraction of sp³-hybridized carbons (Fsp3) is 0.417. The lowest BCUT2D eigenvalue weighted by atomic mass is 10.0. The fourth-order valence-corrected chi connectivity index (χ4v) is 2.13. The molecule has 0 aliphatic carbocycles. The minimum atomic E-state index is -0.0752. The van der Waals surface area contributed by atoms with E-state index in [1.54, 1.807) is 19.1 Å². The van der Waals surface area contributed by atoms with Gasteiger partial charge in [-0.1, -0.05) is 11.6 Å². The van der Waals surface area contributed by atoms with Gasteiger partial charge in [-0.15, -0.1) is 0 Å². The average molecular weight is 255 g/mol. The molecule has 17 heavy (non-hydrogen) atoms. The van der Waals surface area contributed by atoms with Crippen molar-refractivity contribution in [3.8, 4) is 5.75 Å². The van der Waals surface area contributed by atoms with E-state index in [1.807, 2.05) is 19.1 Å². The van der Waals surface area contributed by atoms with E-state index in [1.165, 1.54) is 0 Å². The molecule has 1 saturated heterocycles. The smallest absolute Gasteiger partial charge is 0.317 e. The zero-order chi connectivity index (χ0) is 12.6. The normalized spacial score (nSPS) is 19.4. The molecule has 0 radical (unpaired) electrons. The quantitative estimate of drug-likeness (QED) is 0.880. The number of benzene rings is 1. The largest absolute Gasteiger partial charge is 0.496 e. The van der Waals surface area contributed by atoms with E-state index < -0.39 is 0 Å². The maximum absolute atomic E-state index is 11.5. The van der Waals surface area contributed by atoms with Gasteiger partial charge in [-0.25, -0.2) is 4.79 Å². The number of likely N-dealkylation sites (N-methyl/N-ethyl adjacent to an activating group) is 1. The summed E-state index contributed by atoms with van der Waals surface area (Å²) in [5.74, 6) is 0.757. The first-order valence-electron chi connectivity index (χ1n) is 5.38. The van der Waals surface area contributed by atoms with Crippen molar-refractivity contribution in [2.45, 2.75) is 13.0 Å². The van der Waals surface area contributed by atoms with Crippen LogP contribution in [0.25, 0.3) is 0 Å². The molecule has 0 saturated carbocycles. The van der Waals surface area contributed by atoms with Gasteiger partial charge < -0.3 is 15.0 Å². The zero-order valence-corrected chi connectivity index (χ0v) is 10.8. The first-order valence-corrected chi connectivity index (χ1v) is 5.76. The molecule has 1 aromatic rings. The molecule has 5 heteroatoms. The second-order valence-corrected chi connectivity index (χ2v) is 4.63. The lowest BCUT2D eigenvalue weighted by Gasteiger charge is -2.15. The van der Waals surface area contributed by atoms with Crippen molar-refractivity contribution in [2.24, 2.45) is 0 Å². The number of aryl methyl sites for hydroxylation is 1. The first kappa shape index (κ1) is 12.0. The third-order valence-corrected chi connectivity index (χ3v) is 3.39. The molecule has 1 aromatic carbocycles. The predicted molar refractivity (Wildman–Crippen MR) is 66.6 cm³/mol. The van der Waals surface area contributed by atoms with Gasteiger partial charge in [0, 0.05) is 24.2 Å². The van der Waals surface area contributed by atoms with Crippen molar-refractivity contribution in [1.82, 2.24) is 10.2 Å². The summed E-state index contributed by atoms with van der Waals surface area (Å²) < 4.78 is 5.34. The van der Waals surface area contributed by atoms with Crippen LogP contribution in [0, 0.1) is 6.92 Å². The lowest BCUT2D eigenvalue weighted by Crippen LogP contribution is -2.24. The molecule has 1 heterocycles. The highest BCUT2D eigenvalue weighted by atomic mass is 35.5. The van der Waals surface area contributed by atoms with Crippen LogP contribution in [-0.4, -0.2) is 31.6 Å². The van der Waals surface area contributed by atoms with E-state index in [2.05, 4.69) is 5.32 Å². The summed E-state index contributed by atoms with van der Waals surface area (Å²) in [7, 11) is 3.38. The molecular weight excluding hydrogens is 240 g/mol. The second kappa shape index (κ2) is 4.45. The van der Waals surface area contributed by atoms with Crippen LogP contribution in [0.2, 0.25) is 5.02 Å². The van der Waals surface area contributed by atoms with E-state index >= 15 is 0 Å². The number of ether oxygens (including phenoxy) is 1. The Hall–Kier alpha value is -1.42. The number of carbonyl (C=O) groups excluding carboxylic acids is 1. The van der Waals surface area contributed by atoms with Crippen LogP contribution in [0.5, 0.6) is 5.75 Å². The Morgan fingerprint density at radius 1 is 1.53 bits per heavy atom. The van der Waals surface area contributed by atoms with Gasteiger partial charge in [-0.2, -0.15) is 0 Å². The summed E-state index contributed by atoms with van der Waals surface area (Å²) in [6.45, 7) is 2.54. The minimum Gasteiger partial charge on any atom is -0.496 e. The number of hydrogen-bond donors (Lipinski definition) is 1. The summed E-state index contributed by atoms with van der Waals surface area (Å²) >= 11 is 6.11. The van der Waals surface area contributed by atoms with Gasteiger partial charge in [-0.3, -0.25) is 0 Å². The molecule has 2 rings (SSSR count). The number of hydrogen-bond acceptors (Lipinski definition) is 2. The number of halogens is 1. The van der Waals surface area contributed by atoms with E-state index in [9.17, 15) is 4.79 Å². The number of urea groups is 1. The Bertz CT molecular complexity index is 462. The molecule has 1 aliphatic heterocycles. The highest BCUT2D eigenvalue weighted by Crippen LogP contribution is 2.32. The molecule has 4 nitrogen and oxygen atoms in total. The van der Waals surface area contributed by atoms with Crippen LogP contribution in [0.1, 0.15) is 17.2 Å². The summed E-state index contributed by atoms with van der Waals surface area (Å²) in [5, 5.41) is 3.57. The standard InChI is InChI=1S/C12H15ClN2O2/c1-7-4-11(17-3)8(5-9(7)13)10-6-15(2)12(16)14-10/h4-5,10H,6H2,1-3H3,(H,14,16). The van der Waals surface area contributed by atoms with Crippen LogP contribution >= 0.6 is 11.6 Å². The minimum absolute atomic E-state index is 0.0689. The Labute approximate surface area is 106 Å². The molecule has 1 atom stereocenters. The maximum Gasteiger partial charge on any atom is 0.317 e. The topological polar surface area (TPSA) is 41.6 Å². The average Bonchev–Trinajstić information content (AvgIpc) is 2.62. The maximum atomic E-state index is 11.5. The van der Waals surface area contributed by atoms with Crippen molar-refractivity contribution in [2.75, 3.05) is 20.7 Å². The molecule has 2 amide bonds. The third-order valence-electron chi connectivity index (χ3n) is 2.99. The van der Waals surface area contributed by atoms with Gasteiger partial charge in [0.25, 0.3) is 0 Å². The number of nitrogens with zero attached hydrogens (tertiary/aromatic N) is 1. The number of carbonyl (C=O) groups is 1. The van der Waals surface area contributed by atoms with E-state index in [0.29, 0.717) is 11.6 Å². The molecule has 0 spiro atoms. The second-order valence-electron chi connectivity index (χ2n) is 4.23. The van der Waals surface area contributed by atoms with E-state index in [0.717, 1.165) is 16.9 Å². The van der Waals surface area contributed by atoms with Gasteiger partial charge in [0.1, 0.15) is 5.75 Å². The van der Waals surface area contributed by atoms with Gasteiger partial charge in [0.05, 0.1) is 13.2 Å². The van der Waals surface area contributed by atoms with Crippen LogP contribution in [0.4, 0.5) is 4.79 Å². The Kier molecular flexibility index (Phi) is 3.15. The lowest BCUT2D eigenvalue weighted by molar-refractivity contribution is 0.226. The number of amides is 2. The Morgan fingerprint density at radius 3 is 2.76 bits per heavy atom. The van der Waals surface area contributed by atoms with Crippen LogP contribution < -0.4 is 10.1 Å². The van der Waals surface area contributed by atoms with Gasteiger partial charge in [0.2, 0.25) is 0 Å². The number of methoxy groups -OCH3 is 1. The fourth-order valence-electron chi connectivity index (χ4n) is 1.96. The van der Waals surface area contributed by atoms with Crippen LogP contribution in [-0.2, 0) is 0 Å². The van der Waals surface area contributed by atoms with E-state index in [-0.39, 0.29) is 12.1 Å². The molecule has 1 unspecified atom stereocenters. The Balaban J connectivity index is 2.38.